The molecule has 2 heterocycles. The molecule has 1 aliphatic carbocycles. The van der Waals surface area contributed by atoms with Gasteiger partial charge in [0.25, 0.3) is 5.91 Å². The number of methoxy groups -OCH3 is 2. The first-order chi connectivity index (χ1) is 17.5. The first-order valence-corrected chi connectivity index (χ1v) is 12.2. The molecule has 1 fully saturated rings. The average molecular weight is 491 g/mol. The van der Waals surface area contributed by atoms with E-state index in [0.717, 1.165) is 36.0 Å². The van der Waals surface area contributed by atoms with Crippen molar-refractivity contribution in [1.82, 2.24) is 20.5 Å². The lowest BCUT2D eigenvalue weighted by Gasteiger charge is -2.24. The van der Waals surface area contributed by atoms with Crippen LogP contribution >= 0.6 is 0 Å². The van der Waals surface area contributed by atoms with Crippen LogP contribution in [0.2, 0.25) is 0 Å². The molecule has 188 valence electrons. The molecule has 0 spiro atoms. The van der Waals surface area contributed by atoms with Gasteiger partial charge in [0.2, 0.25) is 5.91 Å². The highest BCUT2D eigenvalue weighted by molar-refractivity contribution is 6.04. The minimum atomic E-state index is -0.724. The Kier molecular flexibility index (Phi) is 6.54. The number of carbonyl (C=O) groups excluding carboxylic acids is 3. The fraction of sp³-hybridized carbons (Fsp3) is 0.370. The molecule has 2 atom stereocenters. The number of amides is 4. The highest BCUT2D eigenvalue weighted by Gasteiger charge is 2.38. The molecule has 0 radical (unpaired) electrons. The number of rotatable bonds is 8. The molecule has 5 rings (SSSR count). The van der Waals surface area contributed by atoms with E-state index in [1.165, 1.54) is 23.0 Å². The van der Waals surface area contributed by atoms with Crippen molar-refractivity contribution in [3.63, 3.8) is 0 Å². The maximum Gasteiger partial charge on any atom is 0.325 e. The molecule has 0 unspecified atom stereocenters. The molecule has 1 saturated heterocycles. The van der Waals surface area contributed by atoms with Crippen molar-refractivity contribution in [2.45, 2.75) is 50.7 Å². The normalized spacial score (nSPS) is 19.2. The molecule has 1 aliphatic heterocycles. The van der Waals surface area contributed by atoms with Crippen molar-refractivity contribution < 1.29 is 23.9 Å². The number of carbonyl (C=O) groups is 3. The number of ether oxygens (including phenoxy) is 2. The number of benzene rings is 2. The average Bonchev–Trinajstić information content (AvgIpc) is 3.40. The van der Waals surface area contributed by atoms with E-state index in [0.29, 0.717) is 11.5 Å². The summed E-state index contributed by atoms with van der Waals surface area (Å²) in [7, 11) is 3.08. The maximum atomic E-state index is 12.9. The van der Waals surface area contributed by atoms with Gasteiger partial charge < -0.3 is 25.1 Å². The summed E-state index contributed by atoms with van der Waals surface area (Å²) in [5.41, 5.74) is 4.16. The number of urea groups is 1. The third-order valence-electron chi connectivity index (χ3n) is 7.01. The Morgan fingerprint density at radius 2 is 1.92 bits per heavy atom. The molecule has 4 amide bonds. The standard InChI is InChI=1S/C27H30N4O5/c1-35-22-12-10-16(14-23(22)36-2)15-31-26(33)21(30-27(31)34)11-13-24(32)28-20-9-5-7-18-17-6-3-4-8-19(17)29-25(18)20/h3-4,6,8,10,12,14,20-21,29H,5,7,9,11,13,15H2,1-2H3,(H,28,32)(H,30,34)/t20-,21-/m1/s1. The van der Waals surface area contributed by atoms with Gasteiger partial charge in [-0.15, -0.1) is 0 Å². The van der Waals surface area contributed by atoms with Gasteiger partial charge in [0, 0.05) is 23.0 Å². The summed E-state index contributed by atoms with van der Waals surface area (Å²) in [6, 6.07) is 12.2. The predicted octanol–water partition coefficient (Wildman–Crippen LogP) is 3.58. The van der Waals surface area contributed by atoms with Crippen molar-refractivity contribution >= 4 is 28.7 Å². The highest BCUT2D eigenvalue weighted by atomic mass is 16.5. The Bertz CT molecular complexity index is 1320. The Labute approximate surface area is 209 Å². The fourth-order valence-corrected chi connectivity index (χ4v) is 5.19. The van der Waals surface area contributed by atoms with E-state index < -0.39 is 12.1 Å². The van der Waals surface area contributed by atoms with Crippen LogP contribution in [-0.2, 0) is 22.6 Å². The molecule has 9 nitrogen and oxygen atoms in total. The van der Waals surface area contributed by atoms with Gasteiger partial charge in [-0.25, -0.2) is 4.79 Å². The van der Waals surface area contributed by atoms with E-state index in [2.05, 4.69) is 27.8 Å². The quantitative estimate of drug-likeness (QED) is 0.418. The van der Waals surface area contributed by atoms with Gasteiger partial charge in [0.05, 0.1) is 26.8 Å². The Morgan fingerprint density at radius 1 is 1.11 bits per heavy atom. The topological polar surface area (TPSA) is 113 Å². The number of hydrogen-bond donors (Lipinski definition) is 3. The number of para-hydroxylation sites is 1. The zero-order chi connectivity index (χ0) is 25.2. The fourth-order valence-electron chi connectivity index (χ4n) is 5.19. The summed E-state index contributed by atoms with van der Waals surface area (Å²) in [6.07, 6.45) is 3.24. The largest absolute Gasteiger partial charge is 0.493 e. The van der Waals surface area contributed by atoms with Crippen molar-refractivity contribution in [3.8, 4) is 11.5 Å². The zero-order valence-corrected chi connectivity index (χ0v) is 20.4. The summed E-state index contributed by atoms with van der Waals surface area (Å²) in [6.45, 7) is 0.110. The first-order valence-electron chi connectivity index (χ1n) is 12.2. The van der Waals surface area contributed by atoms with Gasteiger partial charge in [0.1, 0.15) is 6.04 Å². The van der Waals surface area contributed by atoms with Gasteiger partial charge in [-0.2, -0.15) is 0 Å². The third-order valence-corrected chi connectivity index (χ3v) is 7.01. The lowest BCUT2D eigenvalue weighted by atomic mass is 9.91. The van der Waals surface area contributed by atoms with Crippen LogP contribution in [0.4, 0.5) is 4.79 Å². The van der Waals surface area contributed by atoms with E-state index >= 15 is 0 Å². The van der Waals surface area contributed by atoms with Gasteiger partial charge in [-0.1, -0.05) is 24.3 Å². The van der Waals surface area contributed by atoms with E-state index in [4.69, 9.17) is 9.47 Å². The number of nitrogens with zero attached hydrogens (tertiary/aromatic N) is 1. The molecule has 0 saturated carbocycles. The Hall–Kier alpha value is -4.01. The lowest BCUT2D eigenvalue weighted by Crippen LogP contribution is -2.34. The minimum absolute atomic E-state index is 0.0796. The smallest absolute Gasteiger partial charge is 0.325 e. The molecule has 9 heteroatoms. The van der Waals surface area contributed by atoms with Gasteiger partial charge in [0.15, 0.2) is 11.5 Å². The van der Waals surface area contributed by atoms with Crippen LogP contribution in [0.1, 0.15) is 48.5 Å². The number of hydrogen-bond acceptors (Lipinski definition) is 5. The van der Waals surface area contributed by atoms with E-state index in [1.807, 2.05) is 12.1 Å². The molecule has 0 bridgehead atoms. The van der Waals surface area contributed by atoms with Crippen molar-refractivity contribution in [1.29, 1.82) is 0 Å². The minimum Gasteiger partial charge on any atom is -0.493 e. The highest BCUT2D eigenvalue weighted by Crippen LogP contribution is 2.34. The molecule has 3 aromatic rings. The summed E-state index contributed by atoms with van der Waals surface area (Å²) in [5.74, 6) is 0.626. The van der Waals surface area contributed by atoms with Crippen LogP contribution in [-0.4, -0.2) is 48.0 Å². The third kappa shape index (κ3) is 4.48. The second kappa shape index (κ2) is 9.93. The number of aromatic nitrogens is 1. The summed E-state index contributed by atoms with van der Waals surface area (Å²) in [4.78, 5) is 42.8. The molecular formula is C27H30N4O5. The molecule has 2 aromatic carbocycles. The van der Waals surface area contributed by atoms with Gasteiger partial charge in [-0.05, 0) is 55.0 Å². The monoisotopic (exact) mass is 490 g/mol. The van der Waals surface area contributed by atoms with Crippen LogP contribution < -0.4 is 20.1 Å². The molecule has 1 aromatic heterocycles. The first kappa shape index (κ1) is 23.7. The second-order valence-electron chi connectivity index (χ2n) is 9.23. The molecule has 2 aliphatic rings. The number of fused-ring (bicyclic) bond motifs is 3. The zero-order valence-electron chi connectivity index (χ0n) is 20.4. The number of nitrogens with one attached hydrogen (secondary N) is 3. The second-order valence-corrected chi connectivity index (χ2v) is 9.23. The van der Waals surface area contributed by atoms with Crippen LogP contribution in [0.3, 0.4) is 0 Å². The van der Waals surface area contributed by atoms with Crippen LogP contribution in [0.25, 0.3) is 10.9 Å². The number of aromatic amines is 1. The number of imide groups is 1. The van der Waals surface area contributed by atoms with Crippen LogP contribution in [0.5, 0.6) is 11.5 Å². The summed E-state index contributed by atoms with van der Waals surface area (Å²) in [5, 5.41) is 7.05. The summed E-state index contributed by atoms with van der Waals surface area (Å²) >= 11 is 0. The van der Waals surface area contributed by atoms with Crippen molar-refractivity contribution in [2.75, 3.05) is 14.2 Å². The SMILES string of the molecule is COc1ccc(CN2C(=O)N[C@H](CCC(=O)N[C@@H]3CCCc4c3[nH]c3ccccc43)C2=O)cc1OC. The van der Waals surface area contributed by atoms with Crippen LogP contribution in [0, 0.1) is 0 Å². The van der Waals surface area contributed by atoms with E-state index in [1.54, 1.807) is 25.3 Å². The Morgan fingerprint density at radius 3 is 2.72 bits per heavy atom. The van der Waals surface area contributed by atoms with Crippen LogP contribution in [0.15, 0.2) is 42.5 Å². The van der Waals surface area contributed by atoms with Gasteiger partial charge in [-0.3, -0.25) is 14.5 Å². The predicted molar refractivity (Wildman–Crippen MR) is 134 cm³/mol. The number of aryl methyl sites for hydroxylation is 1. The summed E-state index contributed by atoms with van der Waals surface area (Å²) < 4.78 is 10.5. The van der Waals surface area contributed by atoms with E-state index in [-0.39, 0.29) is 37.2 Å². The Balaban J connectivity index is 1.19. The molecule has 36 heavy (non-hydrogen) atoms. The maximum absolute atomic E-state index is 12.9. The lowest BCUT2D eigenvalue weighted by molar-refractivity contribution is -0.128. The number of H-pyrrole nitrogens is 1. The molecular weight excluding hydrogens is 460 g/mol. The van der Waals surface area contributed by atoms with E-state index in [9.17, 15) is 14.4 Å². The van der Waals surface area contributed by atoms with Crippen molar-refractivity contribution in [3.05, 3.63) is 59.3 Å². The van der Waals surface area contributed by atoms with Gasteiger partial charge >= 0.3 is 6.03 Å². The van der Waals surface area contributed by atoms with Crippen molar-refractivity contribution in [2.24, 2.45) is 0 Å². The molecule has 3 N–H and O–H groups in total.